The van der Waals surface area contributed by atoms with Gasteiger partial charge in [-0.15, -0.1) is 11.3 Å². The van der Waals surface area contributed by atoms with Gasteiger partial charge in [0, 0.05) is 11.3 Å². The summed E-state index contributed by atoms with van der Waals surface area (Å²) in [6.45, 7) is 7.27. The molecular formula is C22H22N2O3S. The van der Waals surface area contributed by atoms with Gasteiger partial charge < -0.3 is 10.1 Å². The predicted octanol–water partition coefficient (Wildman–Crippen LogP) is 4.92. The number of thiazole rings is 1. The number of aromatic nitrogens is 1. The Hall–Kier alpha value is -2.99. The standard InChI is InChI=1S/C22H22N2O3S/c1-13-10-11-14(2)18(12-13)24-21(25)15(3)27-22(26)20-19(23-16(4)28-20)17-8-6-5-7-9-17/h5-12,15H,1-4H3,(H,24,25)/t15-/m1/s1. The van der Waals surface area contributed by atoms with Gasteiger partial charge in [0.15, 0.2) is 6.10 Å². The van der Waals surface area contributed by atoms with E-state index >= 15 is 0 Å². The molecule has 1 amide bonds. The summed E-state index contributed by atoms with van der Waals surface area (Å²) >= 11 is 1.26. The molecule has 28 heavy (non-hydrogen) atoms. The molecule has 0 aliphatic rings. The number of carbonyl (C=O) groups excluding carboxylic acids is 2. The van der Waals surface area contributed by atoms with Gasteiger partial charge in [-0.1, -0.05) is 42.5 Å². The molecule has 0 fully saturated rings. The number of benzene rings is 2. The van der Waals surface area contributed by atoms with E-state index in [0.29, 0.717) is 16.3 Å². The normalized spacial score (nSPS) is 11.7. The van der Waals surface area contributed by atoms with Crippen LogP contribution in [0.15, 0.2) is 48.5 Å². The summed E-state index contributed by atoms with van der Waals surface area (Å²) in [7, 11) is 0. The number of hydrogen-bond donors (Lipinski definition) is 1. The van der Waals surface area contributed by atoms with Crippen LogP contribution in [-0.4, -0.2) is 23.0 Å². The number of nitrogens with zero attached hydrogens (tertiary/aromatic N) is 1. The monoisotopic (exact) mass is 394 g/mol. The van der Waals surface area contributed by atoms with Gasteiger partial charge in [0.25, 0.3) is 5.91 Å². The number of anilines is 1. The van der Waals surface area contributed by atoms with E-state index in [1.54, 1.807) is 6.92 Å². The highest BCUT2D eigenvalue weighted by atomic mass is 32.1. The smallest absolute Gasteiger partial charge is 0.351 e. The average Bonchev–Trinajstić information content (AvgIpc) is 3.07. The van der Waals surface area contributed by atoms with E-state index in [1.807, 2.05) is 69.3 Å². The molecule has 0 radical (unpaired) electrons. The Morgan fingerprint density at radius 3 is 2.50 bits per heavy atom. The number of amides is 1. The van der Waals surface area contributed by atoms with Crippen LogP contribution in [0.5, 0.6) is 0 Å². The van der Waals surface area contributed by atoms with Crippen molar-refractivity contribution in [1.82, 2.24) is 4.98 Å². The number of nitrogens with one attached hydrogen (secondary N) is 1. The van der Waals surface area contributed by atoms with Crippen molar-refractivity contribution in [2.24, 2.45) is 0 Å². The molecule has 0 bridgehead atoms. The van der Waals surface area contributed by atoms with Gasteiger partial charge in [-0.05, 0) is 44.9 Å². The zero-order valence-electron chi connectivity index (χ0n) is 16.3. The summed E-state index contributed by atoms with van der Waals surface area (Å²) in [6, 6.07) is 15.3. The van der Waals surface area contributed by atoms with Crippen molar-refractivity contribution >= 4 is 28.9 Å². The molecule has 0 aliphatic carbocycles. The van der Waals surface area contributed by atoms with Gasteiger partial charge in [-0.25, -0.2) is 9.78 Å². The molecule has 2 aromatic carbocycles. The Kier molecular flexibility index (Phi) is 5.90. The first-order chi connectivity index (χ1) is 13.3. The Morgan fingerprint density at radius 2 is 1.79 bits per heavy atom. The Balaban J connectivity index is 1.74. The first-order valence-corrected chi connectivity index (χ1v) is 9.78. The summed E-state index contributed by atoms with van der Waals surface area (Å²) < 4.78 is 5.44. The lowest BCUT2D eigenvalue weighted by Gasteiger charge is -2.15. The summed E-state index contributed by atoms with van der Waals surface area (Å²) in [5.74, 6) is -0.919. The third-order valence-corrected chi connectivity index (χ3v) is 5.22. The maximum Gasteiger partial charge on any atom is 0.351 e. The minimum atomic E-state index is -0.932. The number of carbonyl (C=O) groups is 2. The van der Waals surface area contributed by atoms with Crippen molar-refractivity contribution in [2.45, 2.75) is 33.8 Å². The Bertz CT molecular complexity index is 1010. The van der Waals surface area contributed by atoms with Crippen LogP contribution in [0.1, 0.15) is 32.7 Å². The molecule has 0 aliphatic heterocycles. The van der Waals surface area contributed by atoms with Crippen molar-refractivity contribution in [3.63, 3.8) is 0 Å². The molecular weight excluding hydrogens is 372 g/mol. The molecule has 0 saturated heterocycles. The summed E-state index contributed by atoms with van der Waals surface area (Å²) in [5, 5.41) is 3.59. The van der Waals surface area contributed by atoms with Crippen LogP contribution in [0.3, 0.4) is 0 Å². The highest BCUT2D eigenvalue weighted by Gasteiger charge is 2.24. The molecule has 144 valence electrons. The zero-order valence-corrected chi connectivity index (χ0v) is 17.1. The minimum absolute atomic E-state index is 0.371. The van der Waals surface area contributed by atoms with Crippen molar-refractivity contribution in [1.29, 1.82) is 0 Å². The fourth-order valence-electron chi connectivity index (χ4n) is 2.73. The third-order valence-electron chi connectivity index (χ3n) is 4.27. The zero-order chi connectivity index (χ0) is 20.3. The molecule has 3 rings (SSSR count). The van der Waals surface area contributed by atoms with Gasteiger partial charge in [0.05, 0.1) is 10.7 Å². The van der Waals surface area contributed by atoms with Crippen molar-refractivity contribution in [3.8, 4) is 11.3 Å². The second kappa shape index (κ2) is 8.35. The van der Waals surface area contributed by atoms with Crippen LogP contribution in [0.4, 0.5) is 5.69 Å². The van der Waals surface area contributed by atoms with E-state index < -0.39 is 12.1 Å². The van der Waals surface area contributed by atoms with Crippen LogP contribution in [-0.2, 0) is 9.53 Å². The highest BCUT2D eigenvalue weighted by Crippen LogP contribution is 2.29. The Labute approximate surface area is 168 Å². The van der Waals surface area contributed by atoms with E-state index in [-0.39, 0.29) is 5.91 Å². The van der Waals surface area contributed by atoms with E-state index in [2.05, 4.69) is 10.3 Å². The van der Waals surface area contributed by atoms with Crippen LogP contribution in [0.25, 0.3) is 11.3 Å². The van der Waals surface area contributed by atoms with Crippen LogP contribution in [0, 0.1) is 20.8 Å². The van der Waals surface area contributed by atoms with E-state index in [4.69, 9.17) is 4.74 Å². The van der Waals surface area contributed by atoms with Gasteiger partial charge in [-0.3, -0.25) is 4.79 Å². The number of ether oxygens (including phenoxy) is 1. The molecule has 5 nitrogen and oxygen atoms in total. The molecule has 0 saturated carbocycles. The van der Waals surface area contributed by atoms with Gasteiger partial charge >= 0.3 is 5.97 Å². The maximum atomic E-state index is 12.7. The third kappa shape index (κ3) is 4.46. The second-order valence-corrected chi connectivity index (χ2v) is 7.83. The first kappa shape index (κ1) is 19.8. The molecule has 1 aromatic heterocycles. The average molecular weight is 394 g/mol. The van der Waals surface area contributed by atoms with Crippen molar-refractivity contribution in [2.75, 3.05) is 5.32 Å². The molecule has 0 unspecified atom stereocenters. The molecule has 3 aromatic rings. The van der Waals surface area contributed by atoms with E-state index in [9.17, 15) is 9.59 Å². The minimum Gasteiger partial charge on any atom is -0.448 e. The first-order valence-electron chi connectivity index (χ1n) is 8.97. The maximum absolute atomic E-state index is 12.7. The SMILES string of the molecule is Cc1ccc(C)c(NC(=O)[C@@H](C)OC(=O)c2sc(C)nc2-c2ccccc2)c1. The van der Waals surface area contributed by atoms with E-state index in [0.717, 1.165) is 21.7 Å². The van der Waals surface area contributed by atoms with Gasteiger partial charge in [0.2, 0.25) is 0 Å². The van der Waals surface area contributed by atoms with Gasteiger partial charge in [-0.2, -0.15) is 0 Å². The fraction of sp³-hybridized carbons (Fsp3) is 0.227. The molecule has 1 N–H and O–H groups in total. The lowest BCUT2D eigenvalue weighted by atomic mass is 10.1. The number of esters is 1. The largest absolute Gasteiger partial charge is 0.448 e. The number of rotatable bonds is 5. The van der Waals surface area contributed by atoms with Crippen LogP contribution < -0.4 is 5.32 Å². The predicted molar refractivity (Wildman–Crippen MR) is 112 cm³/mol. The number of hydrogen-bond acceptors (Lipinski definition) is 5. The van der Waals surface area contributed by atoms with Crippen LogP contribution >= 0.6 is 11.3 Å². The lowest BCUT2D eigenvalue weighted by Crippen LogP contribution is -2.30. The topological polar surface area (TPSA) is 68.3 Å². The van der Waals surface area contributed by atoms with Crippen LogP contribution in [0.2, 0.25) is 0 Å². The second-order valence-electron chi connectivity index (χ2n) is 6.63. The van der Waals surface area contributed by atoms with Crippen molar-refractivity contribution < 1.29 is 14.3 Å². The summed E-state index contributed by atoms with van der Waals surface area (Å²) in [4.78, 5) is 30.1. The fourth-order valence-corrected chi connectivity index (χ4v) is 3.55. The Morgan fingerprint density at radius 1 is 1.07 bits per heavy atom. The molecule has 1 heterocycles. The lowest BCUT2D eigenvalue weighted by molar-refractivity contribution is -0.123. The highest BCUT2D eigenvalue weighted by molar-refractivity contribution is 7.14. The van der Waals surface area contributed by atoms with Gasteiger partial charge in [0.1, 0.15) is 4.88 Å². The summed E-state index contributed by atoms with van der Waals surface area (Å²) in [5.41, 5.74) is 4.12. The molecule has 0 spiro atoms. The van der Waals surface area contributed by atoms with Crippen molar-refractivity contribution in [3.05, 3.63) is 69.5 Å². The molecule has 6 heteroatoms. The van der Waals surface area contributed by atoms with E-state index in [1.165, 1.54) is 11.3 Å². The quantitative estimate of drug-likeness (QED) is 0.624. The summed E-state index contributed by atoms with van der Waals surface area (Å²) in [6.07, 6.45) is -0.932. The number of aryl methyl sites for hydroxylation is 3. The molecule has 1 atom stereocenters.